The van der Waals surface area contributed by atoms with E-state index in [1.807, 2.05) is 0 Å². The first kappa shape index (κ1) is 24.7. The minimum atomic E-state index is 0.615. The van der Waals surface area contributed by atoms with Gasteiger partial charge in [-0.15, -0.1) is 0 Å². The molecule has 2 aliphatic rings. The highest BCUT2D eigenvalue weighted by Gasteiger charge is 2.26. The van der Waals surface area contributed by atoms with Crippen molar-refractivity contribution < 1.29 is 0 Å². The van der Waals surface area contributed by atoms with Crippen LogP contribution in [0.25, 0.3) is 0 Å². The highest BCUT2D eigenvalue weighted by Crippen LogP contribution is 2.39. The molecule has 31 heavy (non-hydrogen) atoms. The van der Waals surface area contributed by atoms with Crippen molar-refractivity contribution in [2.45, 2.75) is 142 Å². The fourth-order valence-corrected chi connectivity index (χ4v) is 6.11. The Morgan fingerprint density at radius 2 is 1.13 bits per heavy atom. The Kier molecular flexibility index (Phi) is 11.4. The van der Waals surface area contributed by atoms with E-state index in [1.165, 1.54) is 121 Å². The van der Waals surface area contributed by atoms with Crippen molar-refractivity contribution in [3.63, 3.8) is 0 Å². The largest absolute Gasteiger partial charge is 0.241 e. The minimum absolute atomic E-state index is 0.615. The highest BCUT2D eigenvalue weighted by molar-refractivity contribution is 5.08. The molecule has 176 valence electrons. The Morgan fingerprint density at radius 1 is 0.613 bits per heavy atom. The third kappa shape index (κ3) is 8.85. The molecule has 2 aliphatic carbocycles. The lowest BCUT2D eigenvalue weighted by Gasteiger charge is -2.31. The third-order valence-corrected chi connectivity index (χ3v) is 8.42. The molecule has 0 N–H and O–H groups in total. The van der Waals surface area contributed by atoms with Crippen LogP contribution in [0.3, 0.4) is 0 Å². The monoisotopic (exact) mass is 426 g/mol. The Balaban J connectivity index is 1.26. The predicted octanol–water partition coefficient (Wildman–Crippen LogP) is 9.04. The average molecular weight is 427 g/mol. The van der Waals surface area contributed by atoms with Crippen LogP contribution in [0.5, 0.6) is 0 Å². The van der Waals surface area contributed by atoms with Crippen LogP contribution in [0.2, 0.25) is 0 Å². The summed E-state index contributed by atoms with van der Waals surface area (Å²) in [5.41, 5.74) is 1.31. The number of hydrogen-bond donors (Lipinski definition) is 0. The highest BCUT2D eigenvalue weighted by atomic mass is 14.9. The van der Waals surface area contributed by atoms with Gasteiger partial charge in [0.25, 0.3) is 0 Å². The maximum Gasteiger partial charge on any atom is 0.131 e. The normalized spacial score (nSPS) is 26.8. The molecule has 0 unspecified atom stereocenters. The van der Waals surface area contributed by atoms with Crippen LogP contribution in [-0.2, 0) is 6.42 Å². The average Bonchev–Trinajstić information content (AvgIpc) is 2.83. The molecule has 0 aliphatic heterocycles. The standard InChI is InChI=1S/C29H50N2/c1-3-5-7-8-9-11-24-12-14-25(15-13-24)16-17-26-18-20-28(21-19-26)29-30-22-27(23-31-29)10-6-4-2/h22-26,28H,3-21H2,1-2H3. The van der Waals surface area contributed by atoms with Crippen LogP contribution >= 0.6 is 0 Å². The molecule has 0 radical (unpaired) electrons. The van der Waals surface area contributed by atoms with Crippen molar-refractivity contribution in [3.05, 3.63) is 23.8 Å². The first-order valence-corrected chi connectivity index (χ1v) is 14.1. The molecular formula is C29H50N2. The first-order valence-electron chi connectivity index (χ1n) is 14.1. The fourth-order valence-electron chi connectivity index (χ4n) is 6.11. The van der Waals surface area contributed by atoms with Gasteiger partial charge in [-0.25, -0.2) is 9.97 Å². The second kappa shape index (κ2) is 14.3. The summed E-state index contributed by atoms with van der Waals surface area (Å²) >= 11 is 0. The van der Waals surface area contributed by atoms with Gasteiger partial charge in [0.15, 0.2) is 0 Å². The topological polar surface area (TPSA) is 25.8 Å². The molecule has 2 heteroatoms. The van der Waals surface area contributed by atoms with E-state index >= 15 is 0 Å². The van der Waals surface area contributed by atoms with Gasteiger partial charge in [-0.05, 0) is 61.8 Å². The van der Waals surface area contributed by atoms with Gasteiger partial charge in [0.05, 0.1) is 0 Å². The van der Waals surface area contributed by atoms with Gasteiger partial charge in [0, 0.05) is 18.3 Å². The number of rotatable bonds is 13. The summed E-state index contributed by atoms with van der Waals surface area (Å²) in [5, 5.41) is 0. The second-order valence-corrected chi connectivity index (χ2v) is 10.9. The van der Waals surface area contributed by atoms with Gasteiger partial charge in [-0.3, -0.25) is 0 Å². The lowest BCUT2D eigenvalue weighted by molar-refractivity contribution is 0.221. The van der Waals surface area contributed by atoms with E-state index in [0.29, 0.717) is 5.92 Å². The number of aryl methyl sites for hydroxylation is 1. The van der Waals surface area contributed by atoms with Crippen LogP contribution in [0, 0.1) is 17.8 Å². The maximum absolute atomic E-state index is 4.73. The molecule has 3 rings (SSSR count). The van der Waals surface area contributed by atoms with Crippen LogP contribution in [0.4, 0.5) is 0 Å². The van der Waals surface area contributed by atoms with E-state index in [2.05, 4.69) is 26.2 Å². The SMILES string of the molecule is CCCCCCCC1CCC(CCC2CCC(c3ncc(CCCC)cn3)CC2)CC1. The van der Waals surface area contributed by atoms with Gasteiger partial charge >= 0.3 is 0 Å². The van der Waals surface area contributed by atoms with Crippen molar-refractivity contribution in [1.29, 1.82) is 0 Å². The number of nitrogens with zero attached hydrogens (tertiary/aromatic N) is 2. The van der Waals surface area contributed by atoms with E-state index in [4.69, 9.17) is 9.97 Å². The van der Waals surface area contributed by atoms with Gasteiger partial charge in [-0.2, -0.15) is 0 Å². The summed E-state index contributed by atoms with van der Waals surface area (Å²) in [6, 6.07) is 0. The molecule has 2 saturated carbocycles. The lowest BCUT2D eigenvalue weighted by atomic mass is 9.74. The molecule has 1 aromatic rings. The van der Waals surface area contributed by atoms with Gasteiger partial charge in [0.1, 0.15) is 5.82 Å². The van der Waals surface area contributed by atoms with Crippen molar-refractivity contribution in [2.75, 3.05) is 0 Å². The van der Waals surface area contributed by atoms with Crippen molar-refractivity contribution in [2.24, 2.45) is 17.8 Å². The van der Waals surface area contributed by atoms with Crippen molar-refractivity contribution in [1.82, 2.24) is 9.97 Å². The zero-order valence-electron chi connectivity index (χ0n) is 20.8. The van der Waals surface area contributed by atoms with Crippen molar-refractivity contribution >= 4 is 0 Å². The third-order valence-electron chi connectivity index (χ3n) is 8.42. The molecule has 0 saturated heterocycles. The molecule has 1 aromatic heterocycles. The molecule has 2 nitrogen and oxygen atoms in total. The molecule has 0 amide bonds. The summed E-state index contributed by atoms with van der Waals surface area (Å²) in [6.07, 6.45) is 31.0. The van der Waals surface area contributed by atoms with E-state index in [1.54, 1.807) is 0 Å². The van der Waals surface area contributed by atoms with Gasteiger partial charge in [-0.1, -0.05) is 97.3 Å². The zero-order valence-corrected chi connectivity index (χ0v) is 20.8. The Bertz CT molecular complexity index is 565. The predicted molar refractivity (Wildman–Crippen MR) is 133 cm³/mol. The number of hydrogen-bond acceptors (Lipinski definition) is 2. The van der Waals surface area contributed by atoms with Gasteiger partial charge in [0.2, 0.25) is 0 Å². The second-order valence-electron chi connectivity index (χ2n) is 10.9. The van der Waals surface area contributed by atoms with E-state index in [-0.39, 0.29) is 0 Å². The number of aromatic nitrogens is 2. The van der Waals surface area contributed by atoms with Crippen LogP contribution < -0.4 is 0 Å². The number of unbranched alkanes of at least 4 members (excludes halogenated alkanes) is 5. The van der Waals surface area contributed by atoms with Crippen LogP contribution in [-0.4, -0.2) is 9.97 Å². The first-order chi connectivity index (χ1) is 15.3. The Morgan fingerprint density at radius 3 is 1.71 bits per heavy atom. The Hall–Kier alpha value is -0.920. The fraction of sp³-hybridized carbons (Fsp3) is 0.862. The summed E-state index contributed by atoms with van der Waals surface area (Å²) in [6.45, 7) is 4.56. The van der Waals surface area contributed by atoms with Crippen molar-refractivity contribution in [3.8, 4) is 0 Å². The van der Waals surface area contributed by atoms with E-state index in [9.17, 15) is 0 Å². The van der Waals surface area contributed by atoms with Crippen LogP contribution in [0.15, 0.2) is 12.4 Å². The quantitative estimate of drug-likeness (QED) is 0.294. The summed E-state index contributed by atoms with van der Waals surface area (Å²) in [5.74, 6) is 4.79. The zero-order chi connectivity index (χ0) is 21.7. The molecule has 0 spiro atoms. The lowest BCUT2D eigenvalue weighted by Crippen LogP contribution is -2.18. The molecule has 0 bridgehead atoms. The molecule has 1 heterocycles. The van der Waals surface area contributed by atoms with E-state index in [0.717, 1.165) is 30.0 Å². The molecule has 0 aromatic carbocycles. The van der Waals surface area contributed by atoms with Gasteiger partial charge < -0.3 is 0 Å². The smallest absolute Gasteiger partial charge is 0.131 e. The van der Waals surface area contributed by atoms with Crippen LogP contribution in [0.1, 0.15) is 147 Å². The molecular weight excluding hydrogens is 376 g/mol. The van der Waals surface area contributed by atoms with E-state index < -0.39 is 0 Å². The summed E-state index contributed by atoms with van der Waals surface area (Å²) in [4.78, 5) is 9.46. The minimum Gasteiger partial charge on any atom is -0.241 e. The molecule has 0 atom stereocenters. The summed E-state index contributed by atoms with van der Waals surface area (Å²) in [7, 11) is 0. The Labute approximate surface area is 193 Å². The molecule has 2 fully saturated rings. The maximum atomic E-state index is 4.73. The summed E-state index contributed by atoms with van der Waals surface area (Å²) < 4.78 is 0.